The fraction of sp³-hybridized carbons (Fsp3) is 0.333. The molecule has 1 aromatic carbocycles. The molecule has 0 saturated carbocycles. The van der Waals surface area contributed by atoms with Crippen molar-refractivity contribution in [3.8, 4) is 0 Å². The van der Waals surface area contributed by atoms with Crippen molar-refractivity contribution < 1.29 is 14.0 Å². The Bertz CT molecular complexity index is 1170. The summed E-state index contributed by atoms with van der Waals surface area (Å²) in [6.45, 7) is 8.56. The number of benzene rings is 1. The van der Waals surface area contributed by atoms with Gasteiger partial charge in [0, 0.05) is 31.1 Å². The second-order valence-corrected chi connectivity index (χ2v) is 7.96. The van der Waals surface area contributed by atoms with E-state index >= 15 is 0 Å². The smallest absolute Gasteiger partial charge is 0.245 e. The van der Waals surface area contributed by atoms with Gasteiger partial charge < -0.3 is 26.2 Å². The highest BCUT2D eigenvalue weighted by atomic mass is 16.3. The van der Waals surface area contributed by atoms with Crippen LogP contribution in [0.15, 0.2) is 56.6 Å². The Balaban J connectivity index is 2.15. The molecule has 1 aliphatic heterocycles. The molecule has 0 aliphatic carbocycles. The summed E-state index contributed by atoms with van der Waals surface area (Å²) in [6.07, 6.45) is 3.11. The third kappa shape index (κ3) is 4.97. The van der Waals surface area contributed by atoms with Crippen molar-refractivity contribution in [3.05, 3.63) is 59.0 Å². The first kappa shape index (κ1) is 23.8. The van der Waals surface area contributed by atoms with Gasteiger partial charge in [0.2, 0.25) is 5.91 Å². The lowest BCUT2D eigenvalue weighted by Gasteiger charge is -2.30. The van der Waals surface area contributed by atoms with E-state index in [4.69, 9.17) is 20.9 Å². The van der Waals surface area contributed by atoms with Crippen LogP contribution in [-0.2, 0) is 9.59 Å². The predicted molar refractivity (Wildman–Crippen MR) is 130 cm³/mol. The zero-order valence-corrected chi connectivity index (χ0v) is 19.2. The summed E-state index contributed by atoms with van der Waals surface area (Å²) < 4.78 is 6.22. The van der Waals surface area contributed by atoms with E-state index in [2.05, 4.69) is 17.1 Å². The molecule has 1 aromatic heterocycles. The Morgan fingerprint density at radius 2 is 1.97 bits per heavy atom. The standard InChI is InChI=1S/C24H30N6O3/c1-5-20(32)30-10-8-16(9-11-30)28-22(21(18(25)13-31)24(26)29-27-4)23-15(3)17-7-6-14(2)12-19(17)33-23/h5-7,12-13,16,27H,1,8-11,25H2,2-4H3,(H2,26,29). The number of nitrogens with two attached hydrogens (primary N) is 2. The number of hydrogen-bond donors (Lipinski definition) is 3. The number of hydrazone groups is 1. The number of allylic oxidation sites excluding steroid dienone is 1. The quantitative estimate of drug-likeness (QED) is 0.194. The van der Waals surface area contributed by atoms with Gasteiger partial charge in [0.15, 0.2) is 17.9 Å². The van der Waals surface area contributed by atoms with Gasteiger partial charge in [0.05, 0.1) is 17.3 Å². The van der Waals surface area contributed by atoms with E-state index in [0.29, 0.717) is 49.3 Å². The van der Waals surface area contributed by atoms with Gasteiger partial charge in [-0.05, 0) is 44.4 Å². The third-order valence-electron chi connectivity index (χ3n) is 5.71. The van der Waals surface area contributed by atoms with E-state index in [1.54, 1.807) is 11.9 Å². The highest BCUT2D eigenvalue weighted by molar-refractivity contribution is 6.31. The second-order valence-electron chi connectivity index (χ2n) is 7.96. The van der Waals surface area contributed by atoms with Gasteiger partial charge in [-0.2, -0.15) is 5.10 Å². The number of nitrogens with one attached hydrogen (secondary N) is 1. The molecule has 2 heterocycles. The lowest BCUT2D eigenvalue weighted by molar-refractivity contribution is -0.127. The zero-order valence-electron chi connectivity index (χ0n) is 19.2. The van der Waals surface area contributed by atoms with E-state index in [1.165, 1.54) is 6.08 Å². The molecule has 1 fully saturated rings. The number of nitrogens with zero attached hydrogens (tertiary/aromatic N) is 3. The van der Waals surface area contributed by atoms with Gasteiger partial charge in [0.1, 0.15) is 11.3 Å². The minimum atomic E-state index is -0.125. The highest BCUT2D eigenvalue weighted by Crippen LogP contribution is 2.29. The molecule has 5 N–H and O–H groups in total. The van der Waals surface area contributed by atoms with Crippen LogP contribution >= 0.6 is 0 Å². The minimum Gasteiger partial charge on any atom is -0.454 e. The lowest BCUT2D eigenvalue weighted by atomic mass is 9.99. The van der Waals surface area contributed by atoms with Gasteiger partial charge in [-0.25, -0.2) is 0 Å². The molecular weight excluding hydrogens is 420 g/mol. The first-order chi connectivity index (χ1) is 15.8. The number of carbonyl (C=O) groups is 2. The summed E-state index contributed by atoms with van der Waals surface area (Å²) in [5, 5.41) is 4.97. The topological polar surface area (TPSA) is 139 Å². The molecule has 9 nitrogen and oxygen atoms in total. The van der Waals surface area contributed by atoms with E-state index < -0.39 is 0 Å². The Kier molecular flexibility index (Phi) is 7.32. The number of carbonyl (C=O) groups excluding carboxylic acids is 2. The van der Waals surface area contributed by atoms with Crippen molar-refractivity contribution in [1.82, 2.24) is 10.3 Å². The molecule has 174 valence electrons. The molecule has 33 heavy (non-hydrogen) atoms. The molecule has 0 bridgehead atoms. The summed E-state index contributed by atoms with van der Waals surface area (Å²) in [4.78, 5) is 30.3. The van der Waals surface area contributed by atoms with Gasteiger partial charge in [-0.3, -0.25) is 14.6 Å². The SMILES string of the molecule is C=CC(=O)N1CCC(N=C(C(=C(N)C=O)/C(N)=N\NC)c2oc3cc(C)ccc3c2C)CC1. The van der Waals surface area contributed by atoms with Crippen LogP contribution in [0.4, 0.5) is 0 Å². The zero-order chi connectivity index (χ0) is 24.1. The summed E-state index contributed by atoms with van der Waals surface area (Å²) in [5.41, 5.74) is 18.0. The number of furan rings is 1. The molecule has 0 atom stereocenters. The first-order valence-electron chi connectivity index (χ1n) is 10.8. The molecule has 0 spiro atoms. The van der Waals surface area contributed by atoms with Crippen LogP contribution in [0.2, 0.25) is 0 Å². The first-order valence-corrected chi connectivity index (χ1v) is 10.8. The number of amides is 1. The number of hydrogen-bond acceptors (Lipinski definition) is 7. The van der Waals surface area contributed by atoms with Crippen LogP contribution in [0.5, 0.6) is 0 Å². The maximum Gasteiger partial charge on any atom is 0.245 e. The van der Waals surface area contributed by atoms with Crippen LogP contribution in [-0.4, -0.2) is 54.8 Å². The second kappa shape index (κ2) is 10.2. The van der Waals surface area contributed by atoms with Gasteiger partial charge in [0.25, 0.3) is 0 Å². The molecule has 1 aliphatic rings. The van der Waals surface area contributed by atoms with Crippen molar-refractivity contribution in [1.29, 1.82) is 0 Å². The summed E-state index contributed by atoms with van der Waals surface area (Å²) >= 11 is 0. The van der Waals surface area contributed by atoms with Crippen molar-refractivity contribution >= 4 is 34.7 Å². The maximum absolute atomic E-state index is 11.9. The average molecular weight is 451 g/mol. The number of aryl methyl sites for hydroxylation is 2. The molecule has 2 aromatic rings. The number of aldehydes is 1. The summed E-state index contributed by atoms with van der Waals surface area (Å²) in [5.74, 6) is 0.405. The highest BCUT2D eigenvalue weighted by Gasteiger charge is 2.27. The molecule has 3 rings (SSSR count). The van der Waals surface area contributed by atoms with Crippen molar-refractivity contribution in [3.63, 3.8) is 0 Å². The average Bonchev–Trinajstić information content (AvgIpc) is 3.13. The van der Waals surface area contributed by atoms with E-state index in [9.17, 15) is 9.59 Å². The van der Waals surface area contributed by atoms with E-state index in [-0.39, 0.29) is 29.1 Å². The Morgan fingerprint density at radius 3 is 2.58 bits per heavy atom. The van der Waals surface area contributed by atoms with Crippen LogP contribution in [0.1, 0.15) is 29.7 Å². The normalized spacial score (nSPS) is 16.5. The van der Waals surface area contributed by atoms with Crippen LogP contribution in [0, 0.1) is 13.8 Å². The fourth-order valence-corrected chi connectivity index (χ4v) is 3.96. The third-order valence-corrected chi connectivity index (χ3v) is 5.71. The number of amidine groups is 1. The Morgan fingerprint density at radius 1 is 1.27 bits per heavy atom. The van der Waals surface area contributed by atoms with Crippen molar-refractivity contribution in [2.75, 3.05) is 20.1 Å². The lowest BCUT2D eigenvalue weighted by Crippen LogP contribution is -2.39. The number of fused-ring (bicyclic) bond motifs is 1. The number of piperidine rings is 1. The summed E-state index contributed by atoms with van der Waals surface area (Å²) in [6, 6.07) is 5.81. The maximum atomic E-state index is 11.9. The van der Waals surface area contributed by atoms with Crippen LogP contribution in [0.3, 0.4) is 0 Å². The number of rotatable bonds is 7. The van der Waals surface area contributed by atoms with Gasteiger partial charge >= 0.3 is 0 Å². The molecule has 0 radical (unpaired) electrons. The predicted octanol–water partition coefficient (Wildman–Crippen LogP) is 1.92. The fourth-order valence-electron chi connectivity index (χ4n) is 3.96. The monoisotopic (exact) mass is 450 g/mol. The molecule has 9 heteroatoms. The van der Waals surface area contributed by atoms with E-state index in [1.807, 2.05) is 32.0 Å². The number of aliphatic imine (C=N–C) groups is 1. The molecule has 1 amide bonds. The molecule has 1 saturated heterocycles. The van der Waals surface area contributed by atoms with Gasteiger partial charge in [-0.1, -0.05) is 18.7 Å². The van der Waals surface area contributed by atoms with Gasteiger partial charge in [-0.15, -0.1) is 0 Å². The summed E-state index contributed by atoms with van der Waals surface area (Å²) in [7, 11) is 1.60. The van der Waals surface area contributed by atoms with Crippen molar-refractivity contribution in [2.45, 2.75) is 32.7 Å². The molecule has 0 unspecified atom stereocenters. The van der Waals surface area contributed by atoms with Crippen LogP contribution in [0.25, 0.3) is 11.0 Å². The van der Waals surface area contributed by atoms with Crippen molar-refractivity contribution in [2.24, 2.45) is 21.6 Å². The van der Waals surface area contributed by atoms with E-state index in [0.717, 1.165) is 16.5 Å². The Labute approximate surface area is 192 Å². The van der Waals surface area contributed by atoms with Crippen LogP contribution < -0.4 is 16.9 Å². The largest absolute Gasteiger partial charge is 0.454 e. The minimum absolute atomic E-state index is 0.0242. The number of likely N-dealkylation sites (tertiary alicyclic amines) is 1. The molecular formula is C24H30N6O3. The Hall–Kier alpha value is -3.88.